The minimum Gasteiger partial charge on any atom is -0.396 e. The van der Waals surface area contributed by atoms with Gasteiger partial charge in [0.15, 0.2) is 0 Å². The monoisotopic (exact) mass is 321 g/mol. The van der Waals surface area contributed by atoms with Crippen molar-refractivity contribution in [2.75, 3.05) is 24.6 Å². The molecular formula is C16H20FN3OS. The van der Waals surface area contributed by atoms with Crippen molar-refractivity contribution < 1.29 is 9.50 Å². The third kappa shape index (κ3) is 3.44. The van der Waals surface area contributed by atoms with Crippen LogP contribution in [-0.4, -0.2) is 35.0 Å². The molecule has 0 unspecified atom stereocenters. The van der Waals surface area contributed by atoms with Gasteiger partial charge in [-0.15, -0.1) is 10.2 Å². The van der Waals surface area contributed by atoms with Crippen molar-refractivity contribution >= 4 is 16.5 Å². The van der Waals surface area contributed by atoms with Gasteiger partial charge in [-0.3, -0.25) is 0 Å². The molecule has 1 fully saturated rings. The SMILES string of the molecule is C[C@]1(CO)CCCN(c2nnc(Cc3ccc(F)cc3)s2)C1. The lowest BCUT2D eigenvalue weighted by Crippen LogP contribution is -2.43. The van der Waals surface area contributed by atoms with E-state index in [0.29, 0.717) is 6.42 Å². The van der Waals surface area contributed by atoms with E-state index >= 15 is 0 Å². The molecule has 1 saturated heterocycles. The molecule has 1 N–H and O–H groups in total. The van der Waals surface area contributed by atoms with E-state index in [-0.39, 0.29) is 17.8 Å². The molecule has 2 aromatic rings. The molecular weight excluding hydrogens is 301 g/mol. The van der Waals surface area contributed by atoms with Gasteiger partial charge in [0.1, 0.15) is 10.8 Å². The van der Waals surface area contributed by atoms with Gasteiger partial charge < -0.3 is 10.0 Å². The number of hydrogen-bond acceptors (Lipinski definition) is 5. The first-order chi connectivity index (χ1) is 10.6. The Morgan fingerprint density at radius 3 is 2.82 bits per heavy atom. The predicted molar refractivity (Wildman–Crippen MR) is 85.8 cm³/mol. The number of aliphatic hydroxyl groups is 1. The van der Waals surface area contributed by atoms with Gasteiger partial charge in [0.25, 0.3) is 0 Å². The molecule has 3 rings (SSSR count). The summed E-state index contributed by atoms with van der Waals surface area (Å²) in [5.74, 6) is -0.224. The lowest BCUT2D eigenvalue weighted by atomic mass is 9.83. The number of benzene rings is 1. The lowest BCUT2D eigenvalue weighted by Gasteiger charge is -2.38. The first-order valence-electron chi connectivity index (χ1n) is 7.51. The number of halogens is 1. The standard InChI is InChI=1S/C16H20FN3OS/c1-16(11-21)7-2-8-20(10-16)15-19-18-14(22-15)9-12-3-5-13(17)6-4-12/h3-6,21H,2,7-11H2,1H3/t16-/m0/s1. The molecule has 1 aliphatic rings. The van der Waals surface area contributed by atoms with E-state index in [1.165, 1.54) is 12.1 Å². The van der Waals surface area contributed by atoms with Crippen molar-refractivity contribution in [1.29, 1.82) is 0 Å². The summed E-state index contributed by atoms with van der Waals surface area (Å²) in [4.78, 5) is 2.21. The minimum atomic E-state index is -0.224. The minimum absolute atomic E-state index is 0.0545. The highest BCUT2D eigenvalue weighted by Gasteiger charge is 2.31. The summed E-state index contributed by atoms with van der Waals surface area (Å²) in [7, 11) is 0. The Labute approximate surface area is 133 Å². The molecule has 4 nitrogen and oxygen atoms in total. The zero-order valence-electron chi connectivity index (χ0n) is 12.6. The zero-order valence-corrected chi connectivity index (χ0v) is 13.4. The summed E-state index contributed by atoms with van der Waals surface area (Å²) in [5.41, 5.74) is 0.976. The van der Waals surface area contributed by atoms with E-state index in [1.54, 1.807) is 23.5 Å². The second kappa shape index (κ2) is 6.30. The van der Waals surface area contributed by atoms with Gasteiger partial charge in [-0.2, -0.15) is 0 Å². The van der Waals surface area contributed by atoms with Gasteiger partial charge in [-0.05, 0) is 30.5 Å². The summed E-state index contributed by atoms with van der Waals surface area (Å²) in [6, 6.07) is 6.49. The van der Waals surface area contributed by atoms with Crippen LogP contribution in [0, 0.1) is 11.2 Å². The maximum absolute atomic E-state index is 12.9. The maximum atomic E-state index is 12.9. The van der Waals surface area contributed by atoms with E-state index in [1.807, 2.05) is 0 Å². The van der Waals surface area contributed by atoms with Crippen LogP contribution in [-0.2, 0) is 6.42 Å². The van der Waals surface area contributed by atoms with Crippen molar-refractivity contribution in [3.63, 3.8) is 0 Å². The van der Waals surface area contributed by atoms with Gasteiger partial charge in [-0.25, -0.2) is 4.39 Å². The molecule has 0 bridgehead atoms. The molecule has 6 heteroatoms. The molecule has 0 radical (unpaired) electrons. The van der Waals surface area contributed by atoms with Crippen molar-refractivity contribution in [2.45, 2.75) is 26.2 Å². The summed E-state index contributed by atoms with van der Waals surface area (Å²) in [6.07, 6.45) is 2.77. The highest BCUT2D eigenvalue weighted by molar-refractivity contribution is 7.15. The molecule has 118 valence electrons. The smallest absolute Gasteiger partial charge is 0.208 e. The first kappa shape index (κ1) is 15.4. The second-order valence-corrected chi connectivity index (χ2v) is 7.32. The van der Waals surface area contributed by atoms with Crippen LogP contribution in [0.15, 0.2) is 24.3 Å². The molecule has 0 spiro atoms. The summed E-state index contributed by atoms with van der Waals surface area (Å²) >= 11 is 1.58. The van der Waals surface area contributed by atoms with E-state index < -0.39 is 0 Å². The van der Waals surface area contributed by atoms with Gasteiger partial charge >= 0.3 is 0 Å². The van der Waals surface area contributed by atoms with Crippen LogP contribution in [0.4, 0.5) is 9.52 Å². The van der Waals surface area contributed by atoms with Crippen LogP contribution >= 0.6 is 11.3 Å². The lowest BCUT2D eigenvalue weighted by molar-refractivity contribution is 0.123. The topological polar surface area (TPSA) is 49.2 Å². The molecule has 1 aliphatic heterocycles. The fourth-order valence-electron chi connectivity index (χ4n) is 2.83. The summed E-state index contributed by atoms with van der Waals surface area (Å²) in [5, 5.41) is 19.9. The molecule has 0 amide bonds. The number of rotatable bonds is 4. The highest BCUT2D eigenvalue weighted by Crippen LogP contribution is 2.33. The fourth-order valence-corrected chi connectivity index (χ4v) is 3.73. The Morgan fingerprint density at radius 1 is 1.32 bits per heavy atom. The quantitative estimate of drug-likeness (QED) is 0.941. The number of nitrogens with zero attached hydrogens (tertiary/aromatic N) is 3. The normalized spacial score (nSPS) is 22.0. The number of aliphatic hydroxyl groups excluding tert-OH is 1. The van der Waals surface area contributed by atoms with Crippen LogP contribution in [0.1, 0.15) is 30.3 Å². The zero-order chi connectivity index (χ0) is 15.6. The molecule has 1 atom stereocenters. The Bertz CT molecular complexity index is 631. The first-order valence-corrected chi connectivity index (χ1v) is 8.32. The average Bonchev–Trinajstić information content (AvgIpc) is 2.98. The third-order valence-corrected chi connectivity index (χ3v) is 5.14. The van der Waals surface area contributed by atoms with Crippen LogP contribution in [0.3, 0.4) is 0 Å². The van der Waals surface area contributed by atoms with Crippen molar-refractivity contribution in [3.05, 3.63) is 40.7 Å². The Balaban J connectivity index is 1.69. The second-order valence-electron chi connectivity index (χ2n) is 6.28. The Kier molecular flexibility index (Phi) is 4.40. The van der Waals surface area contributed by atoms with Crippen molar-refractivity contribution in [1.82, 2.24) is 10.2 Å². The summed E-state index contributed by atoms with van der Waals surface area (Å²) < 4.78 is 12.9. The maximum Gasteiger partial charge on any atom is 0.208 e. The molecule has 0 saturated carbocycles. The third-order valence-electron chi connectivity index (χ3n) is 4.16. The van der Waals surface area contributed by atoms with Gasteiger partial charge in [0.2, 0.25) is 5.13 Å². The molecule has 2 heterocycles. The largest absolute Gasteiger partial charge is 0.396 e. The van der Waals surface area contributed by atoms with Crippen LogP contribution in [0.25, 0.3) is 0 Å². The number of piperidine rings is 1. The van der Waals surface area contributed by atoms with Crippen LogP contribution in [0.5, 0.6) is 0 Å². The molecule has 1 aromatic carbocycles. The Hall–Kier alpha value is -1.53. The molecule has 0 aliphatic carbocycles. The van der Waals surface area contributed by atoms with Crippen molar-refractivity contribution in [2.24, 2.45) is 5.41 Å². The van der Waals surface area contributed by atoms with Gasteiger partial charge in [-0.1, -0.05) is 30.4 Å². The van der Waals surface area contributed by atoms with Gasteiger partial charge in [0, 0.05) is 24.9 Å². The fraction of sp³-hybridized carbons (Fsp3) is 0.500. The van der Waals surface area contributed by atoms with Crippen molar-refractivity contribution in [3.8, 4) is 0 Å². The van der Waals surface area contributed by atoms with E-state index in [2.05, 4.69) is 22.0 Å². The number of anilines is 1. The number of aromatic nitrogens is 2. The van der Waals surface area contributed by atoms with Crippen LogP contribution < -0.4 is 4.90 Å². The Morgan fingerprint density at radius 2 is 2.09 bits per heavy atom. The predicted octanol–water partition coefficient (Wildman–Crippen LogP) is 2.87. The van der Waals surface area contributed by atoms with E-state index in [4.69, 9.17) is 0 Å². The highest BCUT2D eigenvalue weighted by atomic mass is 32.1. The van der Waals surface area contributed by atoms with Crippen LogP contribution in [0.2, 0.25) is 0 Å². The molecule has 22 heavy (non-hydrogen) atoms. The van der Waals surface area contributed by atoms with E-state index in [0.717, 1.165) is 41.6 Å². The van der Waals surface area contributed by atoms with E-state index in [9.17, 15) is 9.50 Å². The summed E-state index contributed by atoms with van der Waals surface area (Å²) in [6.45, 7) is 4.08. The number of hydrogen-bond donors (Lipinski definition) is 1. The average molecular weight is 321 g/mol. The van der Waals surface area contributed by atoms with Gasteiger partial charge in [0.05, 0.1) is 6.61 Å². The molecule has 1 aromatic heterocycles.